The van der Waals surface area contributed by atoms with Crippen LogP contribution in [0, 0.1) is 37.8 Å². The molecule has 0 saturated carbocycles. The zero-order valence-electron chi connectivity index (χ0n) is 46.1. The number of carboxylic acid groups (broad SMARTS) is 1. The van der Waals surface area contributed by atoms with Crippen LogP contribution in [0.3, 0.4) is 0 Å². The first-order valence-corrected chi connectivity index (χ1v) is 25.8. The summed E-state index contributed by atoms with van der Waals surface area (Å²) in [6, 6.07) is 42.9. The molecule has 419 valence electrons. The van der Waals surface area contributed by atoms with E-state index >= 15 is 0 Å². The van der Waals surface area contributed by atoms with Crippen LogP contribution in [-0.2, 0) is 22.1 Å². The van der Waals surface area contributed by atoms with E-state index in [9.17, 15) is 39.8 Å². The average molecular weight is 1150 g/mol. The van der Waals surface area contributed by atoms with Gasteiger partial charge in [-0.2, -0.15) is 10.2 Å². The maximum Gasteiger partial charge on any atom is 3.00 e. The van der Waals surface area contributed by atoms with Gasteiger partial charge in [0.2, 0.25) is 0 Å². The van der Waals surface area contributed by atoms with E-state index in [1.54, 1.807) is 74.5 Å². The summed E-state index contributed by atoms with van der Waals surface area (Å²) in [5.41, 5.74) is 8.52. The van der Waals surface area contributed by atoms with Crippen molar-refractivity contribution in [1.29, 1.82) is 0 Å². The number of nitrogens with zero attached hydrogens (tertiary/aromatic N) is 9. The quantitative estimate of drug-likeness (QED) is 0.0338. The molecular formula is C61H54CrN11O10. The molecule has 0 fully saturated rings. The SMILES string of the molecule is CCN=c1cc2oc3cc(NCC)c(C)cc3c(-c3ccccc3C(=O)OCC)c-2cc1C.Cc1[nH]n(-c2ccccc2)c(=O)c1N=Nc1cc([N+](=O)[O-])ccc1[O-].Cc1nn(-c2ccccc2)c([O-])c1N=Nc1ccccc1C(=O)[O-].[Cr+3]. The molecule has 21 nitrogen and oxygen atoms in total. The van der Waals surface area contributed by atoms with Crippen molar-refractivity contribution in [3.05, 3.63) is 211 Å². The van der Waals surface area contributed by atoms with Gasteiger partial charge in [-0.1, -0.05) is 84.6 Å². The number of esters is 1. The normalized spacial score (nSPS) is 11.2. The zero-order valence-corrected chi connectivity index (χ0v) is 47.3. The third-order valence-corrected chi connectivity index (χ3v) is 12.6. The Morgan fingerprint density at radius 3 is 2.02 bits per heavy atom. The average Bonchev–Trinajstić information content (AvgIpc) is 3.93. The van der Waals surface area contributed by atoms with E-state index in [0.29, 0.717) is 41.5 Å². The number of nitro benzene ring substituents is 1. The number of para-hydroxylation sites is 2. The molecule has 2 N–H and O–H groups in total. The molecule has 6 aromatic carbocycles. The van der Waals surface area contributed by atoms with Gasteiger partial charge >= 0.3 is 23.3 Å². The van der Waals surface area contributed by atoms with Crippen LogP contribution in [0.1, 0.15) is 64.0 Å². The fourth-order valence-corrected chi connectivity index (χ4v) is 8.70. The van der Waals surface area contributed by atoms with Crippen molar-refractivity contribution >= 4 is 57.0 Å². The molecule has 10 rings (SSSR count). The third kappa shape index (κ3) is 13.7. The summed E-state index contributed by atoms with van der Waals surface area (Å²) < 4.78 is 14.3. The summed E-state index contributed by atoms with van der Waals surface area (Å²) in [7, 11) is 0. The molecule has 83 heavy (non-hydrogen) atoms. The molecule has 8 aromatic rings. The first kappa shape index (κ1) is 60.3. The number of hydrogen-bond acceptors (Lipinski definition) is 17. The fourth-order valence-electron chi connectivity index (χ4n) is 8.70. The molecule has 2 aliphatic rings. The van der Waals surface area contributed by atoms with Gasteiger partial charge in [0.15, 0.2) is 5.69 Å². The van der Waals surface area contributed by atoms with Crippen LogP contribution in [0.15, 0.2) is 186 Å². The van der Waals surface area contributed by atoms with Crippen LogP contribution in [0.25, 0.3) is 44.8 Å². The van der Waals surface area contributed by atoms with Gasteiger partial charge in [-0.25, -0.2) is 14.2 Å². The van der Waals surface area contributed by atoms with Crippen molar-refractivity contribution in [2.24, 2.45) is 25.4 Å². The fraction of sp³-hybridized carbons (Fsp3) is 0.164. The van der Waals surface area contributed by atoms with Crippen molar-refractivity contribution in [1.82, 2.24) is 19.6 Å². The number of nitro groups is 1. The van der Waals surface area contributed by atoms with Gasteiger partial charge < -0.3 is 34.6 Å². The Hall–Kier alpha value is -10.3. The van der Waals surface area contributed by atoms with Crippen LogP contribution in [0.5, 0.6) is 11.6 Å². The Balaban J connectivity index is 0.000000181. The van der Waals surface area contributed by atoms with E-state index in [2.05, 4.69) is 73.9 Å². The topological polar surface area (TPSA) is 298 Å². The number of non-ortho nitro benzene ring substituents is 1. The molecule has 1 radical (unpaired) electrons. The van der Waals surface area contributed by atoms with Crippen LogP contribution in [0.4, 0.5) is 34.1 Å². The first-order valence-electron chi connectivity index (χ1n) is 25.8. The summed E-state index contributed by atoms with van der Waals surface area (Å²) in [5.74, 6) is -1.89. The number of anilines is 1. The van der Waals surface area contributed by atoms with Crippen LogP contribution in [0.2, 0.25) is 0 Å². The van der Waals surface area contributed by atoms with E-state index in [-0.39, 0.29) is 57.3 Å². The number of H-pyrrole nitrogens is 1. The minimum absolute atomic E-state index is 0. The van der Waals surface area contributed by atoms with Crippen LogP contribution < -0.4 is 31.6 Å². The minimum Gasteiger partial charge on any atom is -0.871 e. The summed E-state index contributed by atoms with van der Waals surface area (Å²) in [6.45, 7) is 15.2. The molecule has 1 aliphatic carbocycles. The number of rotatable bonds is 14. The maximum absolute atomic E-state index is 12.9. The summed E-state index contributed by atoms with van der Waals surface area (Å²) >= 11 is 0. The number of ether oxygens (including phenoxy) is 1. The van der Waals surface area contributed by atoms with Gasteiger partial charge in [-0.15, -0.1) is 15.3 Å². The second-order valence-electron chi connectivity index (χ2n) is 18.2. The smallest absolute Gasteiger partial charge is 0.871 e. The largest absolute Gasteiger partial charge is 3.00 e. The number of nitrogens with one attached hydrogen (secondary N) is 2. The van der Waals surface area contributed by atoms with Crippen molar-refractivity contribution in [2.45, 2.75) is 48.5 Å². The van der Waals surface area contributed by atoms with Gasteiger partial charge in [0.1, 0.15) is 17.0 Å². The number of azo groups is 2. The number of fused-ring (bicyclic) bond motifs is 2. The third-order valence-electron chi connectivity index (χ3n) is 12.6. The number of carbonyl (C=O) groups excluding carboxylic acids is 2. The van der Waals surface area contributed by atoms with Crippen molar-refractivity contribution in [2.75, 3.05) is 25.0 Å². The molecule has 3 heterocycles. The summed E-state index contributed by atoms with van der Waals surface area (Å²) in [4.78, 5) is 51.1. The standard InChI is InChI=1S/C28H30N2O3.C17H14N4O3.C16H13N5O4.Cr/c1-6-29-23-15-25-21(13-17(23)4)27(19-11-9-10-12-20(19)28(31)32-8-3)22-14-18(5)24(30-7-2)16-26(22)33-25;1-11-15(16(22)21(20-11)12-7-3-2-4-8-12)19-18-14-10-6-5-9-13(14)17(23)24;1-10-15(16(23)20(19-10)11-5-3-2-4-6-11)18-17-13-9-12(21(24)25)7-8-14(13)22;/h9-16,29H,6-8H2,1-5H3;2-10,22H,1H3,(H,23,24);2-9,19,22H,1H3;/q;;;+3/p-3. The van der Waals surface area contributed by atoms with Crippen molar-refractivity contribution in [3.8, 4) is 45.5 Å². The predicted molar refractivity (Wildman–Crippen MR) is 305 cm³/mol. The number of aromatic nitrogens is 4. The summed E-state index contributed by atoms with van der Waals surface area (Å²) in [5, 5.41) is 73.7. The van der Waals surface area contributed by atoms with Gasteiger partial charge in [0, 0.05) is 71.0 Å². The molecule has 0 saturated heterocycles. The Labute approximate surface area is 486 Å². The number of hydrogen-bond donors (Lipinski definition) is 2. The van der Waals surface area contributed by atoms with Gasteiger partial charge in [0.25, 0.3) is 11.2 Å². The zero-order chi connectivity index (χ0) is 58.6. The van der Waals surface area contributed by atoms with Gasteiger partial charge in [-0.05, 0) is 114 Å². The maximum atomic E-state index is 12.9. The Morgan fingerprint density at radius 1 is 0.723 bits per heavy atom. The van der Waals surface area contributed by atoms with Gasteiger partial charge in [-0.3, -0.25) is 25.0 Å². The number of carbonyl (C=O) groups is 2. The minimum atomic E-state index is -1.36. The molecule has 22 heteroatoms. The second kappa shape index (κ2) is 27.2. The molecular weight excluding hydrogens is 1100 g/mol. The predicted octanol–water partition coefficient (Wildman–Crippen LogP) is 11.3. The molecule has 0 unspecified atom stereocenters. The van der Waals surface area contributed by atoms with E-state index < -0.39 is 28.1 Å². The molecule has 0 atom stereocenters. The van der Waals surface area contributed by atoms with E-state index in [1.165, 1.54) is 21.5 Å². The molecule has 0 spiro atoms. The number of aromatic carboxylic acids is 1. The van der Waals surface area contributed by atoms with Crippen molar-refractivity contribution < 1.29 is 56.3 Å². The van der Waals surface area contributed by atoms with Crippen LogP contribution >= 0.6 is 0 Å². The molecule has 0 amide bonds. The monoisotopic (exact) mass is 1150 g/mol. The molecule has 2 aromatic heterocycles. The summed E-state index contributed by atoms with van der Waals surface area (Å²) in [6.07, 6.45) is 0. The van der Waals surface area contributed by atoms with Gasteiger partial charge in [0.05, 0.1) is 62.6 Å². The Kier molecular flexibility index (Phi) is 19.8. The number of carboxylic acids is 1. The first-order chi connectivity index (χ1) is 39.5. The molecule has 0 bridgehead atoms. The number of aryl methyl sites for hydroxylation is 4. The molecule has 1 aliphatic heterocycles. The number of benzene rings is 7. The second-order valence-corrected chi connectivity index (χ2v) is 18.2. The van der Waals surface area contributed by atoms with Crippen molar-refractivity contribution in [3.63, 3.8) is 0 Å². The Bertz CT molecular complexity index is 4150. The van der Waals surface area contributed by atoms with E-state index in [4.69, 9.17) is 9.15 Å². The Morgan fingerprint density at radius 2 is 1.36 bits per heavy atom. The number of aromatic amines is 1. The van der Waals surface area contributed by atoms with Crippen LogP contribution in [-0.4, -0.2) is 56.1 Å². The van der Waals surface area contributed by atoms with E-state index in [0.717, 1.165) is 80.3 Å². The van der Waals surface area contributed by atoms with E-state index in [1.807, 2.05) is 62.4 Å².